The lowest BCUT2D eigenvalue weighted by atomic mass is 10.2. The molecule has 0 aromatic heterocycles. The van der Waals surface area contributed by atoms with Crippen LogP contribution in [-0.2, 0) is 13.1 Å². The molecule has 0 fully saturated rings. The molecule has 0 aliphatic carbocycles. The van der Waals surface area contributed by atoms with Gasteiger partial charge in [-0.1, -0.05) is 49.4 Å². The van der Waals surface area contributed by atoms with Gasteiger partial charge in [0.15, 0.2) is 6.29 Å². The van der Waals surface area contributed by atoms with Crippen LogP contribution in [0.15, 0.2) is 54.6 Å². The number of hydrogen-bond acceptors (Lipinski definition) is 3. The Hall–Kier alpha value is -1.84. The maximum absolute atomic E-state index is 9.49. The summed E-state index contributed by atoms with van der Waals surface area (Å²) < 4.78 is 5.40. The van der Waals surface area contributed by atoms with E-state index >= 15 is 0 Å². The van der Waals surface area contributed by atoms with Crippen LogP contribution in [0.25, 0.3) is 0 Å². The molecule has 2 aromatic rings. The van der Waals surface area contributed by atoms with E-state index < -0.39 is 6.29 Å². The van der Waals surface area contributed by atoms with Gasteiger partial charge in [0.1, 0.15) is 5.75 Å². The molecule has 0 spiro atoms. The first-order chi connectivity index (χ1) is 9.78. The molecular weight excluding hydrogens is 250 g/mol. The highest BCUT2D eigenvalue weighted by atomic mass is 16.6. The van der Waals surface area contributed by atoms with E-state index in [9.17, 15) is 5.11 Å². The predicted molar refractivity (Wildman–Crippen MR) is 80.4 cm³/mol. The van der Waals surface area contributed by atoms with Crippen molar-refractivity contribution in [3.63, 3.8) is 0 Å². The molecular formula is C17H21NO2. The maximum Gasteiger partial charge on any atom is 0.197 e. The number of nitrogens with one attached hydrogen (secondary N) is 1. The summed E-state index contributed by atoms with van der Waals surface area (Å²) in [4.78, 5) is 0. The first kappa shape index (κ1) is 14.6. The summed E-state index contributed by atoms with van der Waals surface area (Å²) in [5.41, 5.74) is 2.41. The second-order valence-corrected chi connectivity index (χ2v) is 4.72. The van der Waals surface area contributed by atoms with E-state index in [1.54, 1.807) is 0 Å². The van der Waals surface area contributed by atoms with Gasteiger partial charge in [-0.05, 0) is 23.3 Å². The first-order valence-corrected chi connectivity index (χ1v) is 6.96. The Balaban J connectivity index is 1.85. The molecule has 2 N–H and O–H groups in total. The minimum absolute atomic E-state index is 0.580. The molecule has 0 heterocycles. The van der Waals surface area contributed by atoms with Crippen LogP contribution in [0.4, 0.5) is 0 Å². The zero-order valence-corrected chi connectivity index (χ0v) is 11.8. The number of aliphatic hydroxyl groups excluding tert-OH is 1. The smallest absolute Gasteiger partial charge is 0.197 e. The zero-order valence-electron chi connectivity index (χ0n) is 11.8. The molecule has 0 saturated carbocycles. The fraction of sp³-hybridized carbons (Fsp3) is 0.294. The standard InChI is InChI=1S/C17H21NO2/c1-2-17(19)20-16-10-6-9-15(11-16)13-18-12-14-7-4-3-5-8-14/h3-11,17-19H,2,12-13H2,1H3. The summed E-state index contributed by atoms with van der Waals surface area (Å²) in [6.45, 7) is 3.49. The lowest BCUT2D eigenvalue weighted by Gasteiger charge is -2.12. The molecule has 2 aromatic carbocycles. The summed E-state index contributed by atoms with van der Waals surface area (Å²) >= 11 is 0. The van der Waals surface area contributed by atoms with Crippen LogP contribution < -0.4 is 10.1 Å². The lowest BCUT2D eigenvalue weighted by molar-refractivity contribution is -0.0191. The molecule has 20 heavy (non-hydrogen) atoms. The van der Waals surface area contributed by atoms with E-state index in [-0.39, 0.29) is 0 Å². The highest BCUT2D eigenvalue weighted by Crippen LogP contribution is 2.15. The van der Waals surface area contributed by atoms with Crippen molar-refractivity contribution in [3.05, 3.63) is 65.7 Å². The summed E-state index contributed by atoms with van der Waals surface area (Å²) in [5.74, 6) is 0.707. The summed E-state index contributed by atoms with van der Waals surface area (Å²) in [5, 5.41) is 12.9. The van der Waals surface area contributed by atoms with E-state index in [0.717, 1.165) is 18.7 Å². The Morgan fingerprint density at radius 3 is 2.45 bits per heavy atom. The fourth-order valence-electron chi connectivity index (χ4n) is 1.92. The van der Waals surface area contributed by atoms with Crippen LogP contribution in [0.2, 0.25) is 0 Å². The van der Waals surface area contributed by atoms with Crippen molar-refractivity contribution >= 4 is 0 Å². The highest BCUT2D eigenvalue weighted by molar-refractivity contribution is 5.28. The second-order valence-electron chi connectivity index (χ2n) is 4.72. The van der Waals surface area contributed by atoms with Gasteiger partial charge in [-0.25, -0.2) is 0 Å². The van der Waals surface area contributed by atoms with Crippen LogP contribution in [-0.4, -0.2) is 11.4 Å². The minimum atomic E-state index is -0.734. The largest absolute Gasteiger partial charge is 0.465 e. The van der Waals surface area contributed by atoms with Gasteiger partial charge in [0, 0.05) is 19.5 Å². The van der Waals surface area contributed by atoms with Crippen molar-refractivity contribution < 1.29 is 9.84 Å². The van der Waals surface area contributed by atoms with E-state index in [1.165, 1.54) is 5.56 Å². The van der Waals surface area contributed by atoms with Crippen molar-refractivity contribution in [1.82, 2.24) is 5.32 Å². The molecule has 0 radical (unpaired) electrons. The topological polar surface area (TPSA) is 41.5 Å². The Bertz CT molecular complexity index is 513. The van der Waals surface area contributed by atoms with Gasteiger partial charge in [-0.2, -0.15) is 0 Å². The molecule has 2 rings (SSSR count). The van der Waals surface area contributed by atoms with Crippen LogP contribution in [0, 0.1) is 0 Å². The highest BCUT2D eigenvalue weighted by Gasteiger charge is 2.03. The number of benzene rings is 2. The third-order valence-corrected chi connectivity index (χ3v) is 3.02. The van der Waals surface area contributed by atoms with Gasteiger partial charge < -0.3 is 15.2 Å². The van der Waals surface area contributed by atoms with Crippen molar-refractivity contribution in [2.24, 2.45) is 0 Å². The third-order valence-electron chi connectivity index (χ3n) is 3.02. The summed E-state index contributed by atoms with van der Waals surface area (Å²) in [7, 11) is 0. The average Bonchev–Trinajstić information content (AvgIpc) is 2.48. The number of rotatable bonds is 7. The molecule has 0 amide bonds. The van der Waals surface area contributed by atoms with Gasteiger partial charge in [-0.3, -0.25) is 0 Å². The second kappa shape index (κ2) is 7.68. The Kier molecular flexibility index (Phi) is 5.59. The number of ether oxygens (including phenoxy) is 1. The van der Waals surface area contributed by atoms with Crippen LogP contribution in [0.3, 0.4) is 0 Å². The molecule has 1 unspecified atom stereocenters. The van der Waals surface area contributed by atoms with Crippen molar-refractivity contribution in [1.29, 1.82) is 0 Å². The van der Waals surface area contributed by atoms with E-state index in [4.69, 9.17) is 4.74 Å². The Morgan fingerprint density at radius 1 is 1.00 bits per heavy atom. The van der Waals surface area contributed by atoms with Crippen LogP contribution >= 0.6 is 0 Å². The van der Waals surface area contributed by atoms with Gasteiger partial charge in [-0.15, -0.1) is 0 Å². The lowest BCUT2D eigenvalue weighted by Crippen LogP contribution is -2.15. The van der Waals surface area contributed by atoms with Crippen molar-refractivity contribution in [3.8, 4) is 5.75 Å². The third kappa shape index (κ3) is 4.68. The van der Waals surface area contributed by atoms with Crippen LogP contribution in [0.1, 0.15) is 24.5 Å². The maximum atomic E-state index is 9.49. The Morgan fingerprint density at radius 2 is 1.70 bits per heavy atom. The van der Waals surface area contributed by atoms with Gasteiger partial charge in [0.2, 0.25) is 0 Å². The van der Waals surface area contributed by atoms with Crippen molar-refractivity contribution in [2.45, 2.75) is 32.7 Å². The van der Waals surface area contributed by atoms with E-state index in [0.29, 0.717) is 12.2 Å². The minimum Gasteiger partial charge on any atom is -0.465 e. The molecule has 0 saturated heterocycles. The molecule has 3 nitrogen and oxygen atoms in total. The van der Waals surface area contributed by atoms with E-state index in [1.807, 2.05) is 49.4 Å². The van der Waals surface area contributed by atoms with Crippen LogP contribution in [0.5, 0.6) is 5.75 Å². The zero-order chi connectivity index (χ0) is 14.2. The average molecular weight is 271 g/mol. The van der Waals surface area contributed by atoms with Gasteiger partial charge in [0.05, 0.1) is 0 Å². The first-order valence-electron chi connectivity index (χ1n) is 6.96. The summed E-state index contributed by atoms with van der Waals surface area (Å²) in [6, 6.07) is 18.1. The fourth-order valence-corrected chi connectivity index (χ4v) is 1.92. The predicted octanol–water partition coefficient (Wildman–Crippen LogP) is 3.08. The van der Waals surface area contributed by atoms with E-state index in [2.05, 4.69) is 17.4 Å². The molecule has 106 valence electrons. The molecule has 0 aliphatic heterocycles. The summed E-state index contributed by atoms with van der Waals surface area (Å²) in [6.07, 6.45) is -0.154. The van der Waals surface area contributed by atoms with Gasteiger partial charge in [0.25, 0.3) is 0 Å². The molecule has 3 heteroatoms. The SMILES string of the molecule is CCC(O)Oc1cccc(CNCc2ccccc2)c1. The normalized spacial score (nSPS) is 12.1. The molecule has 1 atom stereocenters. The van der Waals surface area contributed by atoms with Crippen molar-refractivity contribution in [2.75, 3.05) is 0 Å². The number of aliphatic hydroxyl groups is 1. The monoisotopic (exact) mass is 271 g/mol. The quantitative estimate of drug-likeness (QED) is 0.760. The number of hydrogen-bond donors (Lipinski definition) is 2. The molecule has 0 aliphatic rings. The van der Waals surface area contributed by atoms with Gasteiger partial charge >= 0.3 is 0 Å². The Labute approximate surface area is 120 Å². The molecule has 0 bridgehead atoms.